The lowest BCUT2D eigenvalue weighted by Gasteiger charge is -2.10. The Morgan fingerprint density at radius 1 is 0.926 bits per heavy atom. The Morgan fingerprint density at radius 2 is 1.52 bits per heavy atom. The fourth-order valence-electron chi connectivity index (χ4n) is 2.67. The third-order valence-electron chi connectivity index (χ3n) is 4.08. The molecule has 0 radical (unpaired) electrons. The number of aromatic nitrogens is 2. The number of rotatable bonds is 8. The summed E-state index contributed by atoms with van der Waals surface area (Å²) in [6.45, 7) is 2.16. The number of unbranched alkanes of at least 4 members (excludes halogenated alkanes) is 1. The highest BCUT2D eigenvalue weighted by atomic mass is 16.6. The standard InChI is InChI=1S/C20H21N5O2/c1-2-3-7-15-10-12-17(13-11-15)24-20-18(25(26)27)19(21-14-22-20)23-16-8-5-4-6-9-16/h4-6,8-14H,2-3,7H2,1H3,(H2,21,22,23,24). The van der Waals surface area contributed by atoms with Gasteiger partial charge in [0.1, 0.15) is 6.33 Å². The maximum Gasteiger partial charge on any atom is 0.353 e. The van der Waals surface area contributed by atoms with E-state index in [0.717, 1.165) is 24.9 Å². The minimum atomic E-state index is -0.483. The molecular weight excluding hydrogens is 342 g/mol. The van der Waals surface area contributed by atoms with Crippen LogP contribution in [0.5, 0.6) is 0 Å². The van der Waals surface area contributed by atoms with E-state index in [9.17, 15) is 10.1 Å². The number of nitrogens with zero attached hydrogens (tertiary/aromatic N) is 3. The van der Waals surface area contributed by atoms with E-state index in [2.05, 4.69) is 27.5 Å². The minimum Gasteiger partial charge on any atom is -0.334 e. The van der Waals surface area contributed by atoms with Gasteiger partial charge in [-0.05, 0) is 42.7 Å². The predicted octanol–water partition coefficient (Wildman–Crippen LogP) is 5.21. The average molecular weight is 363 g/mol. The summed E-state index contributed by atoms with van der Waals surface area (Å²) in [6.07, 6.45) is 4.61. The molecule has 0 atom stereocenters. The van der Waals surface area contributed by atoms with E-state index in [4.69, 9.17) is 0 Å². The van der Waals surface area contributed by atoms with Crippen LogP contribution in [0, 0.1) is 10.1 Å². The van der Waals surface area contributed by atoms with Gasteiger partial charge in [0.05, 0.1) is 4.92 Å². The SMILES string of the molecule is CCCCc1ccc(Nc2ncnc(Nc3ccccc3)c2[N+](=O)[O-])cc1. The number of hydrogen-bond donors (Lipinski definition) is 2. The monoisotopic (exact) mass is 363 g/mol. The van der Waals surface area contributed by atoms with Crippen LogP contribution in [-0.2, 0) is 6.42 Å². The summed E-state index contributed by atoms with van der Waals surface area (Å²) >= 11 is 0. The van der Waals surface area contributed by atoms with Crippen molar-refractivity contribution >= 4 is 28.7 Å². The van der Waals surface area contributed by atoms with Crippen LogP contribution in [0.25, 0.3) is 0 Å². The molecule has 2 aromatic carbocycles. The van der Waals surface area contributed by atoms with Gasteiger partial charge in [-0.25, -0.2) is 9.97 Å². The van der Waals surface area contributed by atoms with E-state index in [1.165, 1.54) is 11.9 Å². The molecule has 0 unspecified atom stereocenters. The number of nitro groups is 1. The average Bonchev–Trinajstić information content (AvgIpc) is 2.68. The number of hydrogen-bond acceptors (Lipinski definition) is 6. The van der Waals surface area contributed by atoms with Gasteiger partial charge in [-0.2, -0.15) is 0 Å². The van der Waals surface area contributed by atoms with Crippen LogP contribution in [-0.4, -0.2) is 14.9 Å². The number of para-hydroxylation sites is 1. The lowest BCUT2D eigenvalue weighted by molar-refractivity contribution is -0.383. The van der Waals surface area contributed by atoms with Gasteiger partial charge in [-0.15, -0.1) is 0 Å². The van der Waals surface area contributed by atoms with Crippen molar-refractivity contribution in [2.75, 3.05) is 10.6 Å². The Kier molecular flexibility index (Phi) is 5.94. The van der Waals surface area contributed by atoms with Crippen LogP contribution in [0.1, 0.15) is 25.3 Å². The highest BCUT2D eigenvalue weighted by molar-refractivity contribution is 5.76. The molecular formula is C20H21N5O2. The zero-order valence-corrected chi connectivity index (χ0v) is 15.1. The molecule has 27 heavy (non-hydrogen) atoms. The second-order valence-corrected chi connectivity index (χ2v) is 6.09. The molecule has 3 rings (SSSR count). The second kappa shape index (κ2) is 8.75. The van der Waals surface area contributed by atoms with Gasteiger partial charge in [0, 0.05) is 11.4 Å². The van der Waals surface area contributed by atoms with E-state index in [1.54, 1.807) is 0 Å². The summed E-state index contributed by atoms with van der Waals surface area (Å²) in [6, 6.07) is 17.0. The van der Waals surface area contributed by atoms with Crippen LogP contribution in [0.4, 0.5) is 28.7 Å². The maximum absolute atomic E-state index is 11.6. The van der Waals surface area contributed by atoms with E-state index in [-0.39, 0.29) is 17.3 Å². The van der Waals surface area contributed by atoms with Gasteiger partial charge in [-0.3, -0.25) is 10.1 Å². The Labute approximate surface area is 157 Å². The van der Waals surface area contributed by atoms with Crippen molar-refractivity contribution in [1.82, 2.24) is 9.97 Å². The predicted molar refractivity (Wildman–Crippen MR) is 107 cm³/mol. The molecule has 1 aromatic heterocycles. The molecule has 0 spiro atoms. The molecule has 0 aliphatic carbocycles. The Bertz CT molecular complexity index is 898. The maximum atomic E-state index is 11.6. The Morgan fingerprint density at radius 3 is 2.07 bits per heavy atom. The van der Waals surface area contributed by atoms with Gasteiger partial charge in [0.2, 0.25) is 11.6 Å². The van der Waals surface area contributed by atoms with Crippen molar-refractivity contribution < 1.29 is 4.92 Å². The molecule has 0 aliphatic heterocycles. The first-order valence-corrected chi connectivity index (χ1v) is 8.85. The molecule has 3 aromatic rings. The number of anilines is 4. The number of benzene rings is 2. The molecule has 0 bridgehead atoms. The first-order valence-electron chi connectivity index (χ1n) is 8.85. The third-order valence-corrected chi connectivity index (χ3v) is 4.08. The number of nitrogens with one attached hydrogen (secondary N) is 2. The first kappa shape index (κ1) is 18.3. The highest BCUT2D eigenvalue weighted by Crippen LogP contribution is 2.32. The topological polar surface area (TPSA) is 93.0 Å². The molecule has 7 nitrogen and oxygen atoms in total. The normalized spacial score (nSPS) is 10.4. The van der Waals surface area contributed by atoms with E-state index in [0.29, 0.717) is 5.69 Å². The molecule has 0 saturated carbocycles. The summed E-state index contributed by atoms with van der Waals surface area (Å²) in [5.41, 5.74) is 2.50. The Hall–Kier alpha value is -3.48. The summed E-state index contributed by atoms with van der Waals surface area (Å²) in [7, 11) is 0. The van der Waals surface area contributed by atoms with E-state index in [1.807, 2.05) is 54.6 Å². The smallest absolute Gasteiger partial charge is 0.334 e. The summed E-state index contributed by atoms with van der Waals surface area (Å²) in [4.78, 5) is 19.3. The molecule has 0 fully saturated rings. The van der Waals surface area contributed by atoms with Crippen molar-refractivity contribution in [3.63, 3.8) is 0 Å². The van der Waals surface area contributed by atoms with Crippen molar-refractivity contribution in [1.29, 1.82) is 0 Å². The molecule has 0 saturated heterocycles. The van der Waals surface area contributed by atoms with Gasteiger partial charge in [-0.1, -0.05) is 43.7 Å². The zero-order valence-electron chi connectivity index (χ0n) is 15.1. The molecule has 0 amide bonds. The van der Waals surface area contributed by atoms with Crippen molar-refractivity contribution in [3.05, 3.63) is 76.6 Å². The van der Waals surface area contributed by atoms with Crippen molar-refractivity contribution in [2.24, 2.45) is 0 Å². The molecule has 7 heteroatoms. The number of aryl methyl sites for hydroxylation is 1. The van der Waals surface area contributed by atoms with Crippen LogP contribution < -0.4 is 10.6 Å². The summed E-state index contributed by atoms with van der Waals surface area (Å²) in [5, 5.41) is 17.7. The zero-order chi connectivity index (χ0) is 19.1. The van der Waals surface area contributed by atoms with Gasteiger partial charge in [0.15, 0.2) is 0 Å². The largest absolute Gasteiger partial charge is 0.353 e. The highest BCUT2D eigenvalue weighted by Gasteiger charge is 2.23. The van der Waals surface area contributed by atoms with Gasteiger partial charge in [0.25, 0.3) is 0 Å². The lowest BCUT2D eigenvalue weighted by atomic mass is 10.1. The third kappa shape index (κ3) is 4.78. The van der Waals surface area contributed by atoms with Crippen LogP contribution in [0.15, 0.2) is 60.9 Å². The Balaban J connectivity index is 1.84. The molecule has 0 aliphatic rings. The molecule has 2 N–H and O–H groups in total. The van der Waals surface area contributed by atoms with Crippen molar-refractivity contribution in [3.8, 4) is 0 Å². The minimum absolute atomic E-state index is 0.142. The van der Waals surface area contributed by atoms with E-state index >= 15 is 0 Å². The molecule has 138 valence electrons. The first-order chi connectivity index (χ1) is 13.2. The van der Waals surface area contributed by atoms with Crippen molar-refractivity contribution in [2.45, 2.75) is 26.2 Å². The fraction of sp³-hybridized carbons (Fsp3) is 0.200. The van der Waals surface area contributed by atoms with Crippen LogP contribution in [0.2, 0.25) is 0 Å². The van der Waals surface area contributed by atoms with Gasteiger partial charge >= 0.3 is 5.69 Å². The van der Waals surface area contributed by atoms with E-state index < -0.39 is 4.92 Å². The fourth-order valence-corrected chi connectivity index (χ4v) is 2.67. The van der Waals surface area contributed by atoms with Crippen LogP contribution in [0.3, 0.4) is 0 Å². The quantitative estimate of drug-likeness (QED) is 0.421. The van der Waals surface area contributed by atoms with Gasteiger partial charge < -0.3 is 10.6 Å². The second-order valence-electron chi connectivity index (χ2n) is 6.09. The summed E-state index contributed by atoms with van der Waals surface area (Å²) < 4.78 is 0. The lowest BCUT2D eigenvalue weighted by Crippen LogP contribution is -2.05. The molecule has 1 heterocycles. The van der Waals surface area contributed by atoms with Crippen LogP contribution >= 0.6 is 0 Å². The summed E-state index contributed by atoms with van der Waals surface area (Å²) in [5.74, 6) is 0.290.